The van der Waals surface area contributed by atoms with Crippen molar-refractivity contribution in [3.8, 4) is 0 Å². The molecule has 0 amide bonds. The van der Waals surface area contributed by atoms with Crippen molar-refractivity contribution in [3.63, 3.8) is 0 Å². The molecule has 0 unspecified atom stereocenters. The summed E-state index contributed by atoms with van der Waals surface area (Å²) in [6, 6.07) is 0. The number of esters is 4. The molecule has 11 nitrogen and oxygen atoms in total. The molecule has 0 saturated carbocycles. The van der Waals surface area contributed by atoms with Gasteiger partial charge in [0.2, 0.25) is 18.3 Å². The second-order valence-corrected chi connectivity index (χ2v) is 7.90. The van der Waals surface area contributed by atoms with Crippen LogP contribution in [0.4, 0.5) is 0 Å². The van der Waals surface area contributed by atoms with Crippen LogP contribution in [0.5, 0.6) is 0 Å². The minimum Gasteiger partial charge on any atom is -0.467 e. The standard InChI is InChI=1S/C15H18Cl3NO10/c1-5(20)25-8-9(26-6(2)21)11(27-7(3)22)13(28-10(8)12(23)24-4)29-14(19)15(16,17)18/h8-11,13,19H,1-4H3/t8-,9+,10-,11-,13+/m0/s1. The van der Waals surface area contributed by atoms with E-state index in [9.17, 15) is 19.2 Å². The van der Waals surface area contributed by atoms with Crippen LogP contribution in [0.15, 0.2) is 0 Å². The number of alkyl halides is 3. The van der Waals surface area contributed by atoms with Gasteiger partial charge < -0.3 is 28.4 Å². The molecular formula is C15H18Cl3NO10. The topological polar surface area (TPSA) is 148 Å². The van der Waals surface area contributed by atoms with E-state index in [-0.39, 0.29) is 0 Å². The van der Waals surface area contributed by atoms with E-state index in [1.54, 1.807) is 0 Å². The molecular weight excluding hydrogens is 461 g/mol. The van der Waals surface area contributed by atoms with Gasteiger partial charge in [-0.3, -0.25) is 19.8 Å². The number of hydrogen-bond acceptors (Lipinski definition) is 11. The monoisotopic (exact) mass is 477 g/mol. The second-order valence-electron chi connectivity index (χ2n) is 5.62. The number of carbonyl (C=O) groups excluding carboxylic acids is 4. The van der Waals surface area contributed by atoms with Crippen LogP contribution in [0, 0.1) is 5.41 Å². The Morgan fingerprint density at radius 2 is 1.28 bits per heavy atom. The van der Waals surface area contributed by atoms with Crippen LogP contribution >= 0.6 is 34.8 Å². The highest BCUT2D eigenvalue weighted by Crippen LogP contribution is 2.33. The molecule has 29 heavy (non-hydrogen) atoms. The number of methoxy groups -OCH3 is 1. The van der Waals surface area contributed by atoms with E-state index in [2.05, 4.69) is 4.74 Å². The number of halogens is 3. The molecule has 5 atom stereocenters. The third-order valence-electron chi connectivity index (χ3n) is 3.33. The number of hydrogen-bond donors (Lipinski definition) is 1. The van der Waals surface area contributed by atoms with Gasteiger partial charge >= 0.3 is 23.9 Å². The Bertz CT molecular complexity index is 680. The molecule has 0 bridgehead atoms. The van der Waals surface area contributed by atoms with E-state index in [4.69, 9.17) is 63.9 Å². The first-order valence-corrected chi connectivity index (χ1v) is 8.98. The lowest BCUT2D eigenvalue weighted by molar-refractivity contribution is -0.285. The van der Waals surface area contributed by atoms with Crippen molar-refractivity contribution in [3.05, 3.63) is 0 Å². The lowest BCUT2D eigenvalue weighted by Crippen LogP contribution is -2.64. The number of ether oxygens (including phenoxy) is 6. The van der Waals surface area contributed by atoms with Gasteiger partial charge in [-0.15, -0.1) is 0 Å². The molecule has 0 aliphatic carbocycles. The molecule has 1 heterocycles. The van der Waals surface area contributed by atoms with Gasteiger partial charge in [-0.1, -0.05) is 34.8 Å². The Morgan fingerprint density at radius 1 is 0.828 bits per heavy atom. The maximum absolute atomic E-state index is 12.2. The number of rotatable bonds is 5. The van der Waals surface area contributed by atoms with E-state index in [1.807, 2.05) is 0 Å². The first-order chi connectivity index (χ1) is 13.3. The van der Waals surface area contributed by atoms with E-state index in [0.29, 0.717) is 0 Å². The molecule has 0 aromatic rings. The molecule has 1 saturated heterocycles. The Labute approximate surface area is 180 Å². The van der Waals surface area contributed by atoms with Gasteiger partial charge in [-0.05, 0) is 0 Å². The first kappa shape index (κ1) is 25.2. The van der Waals surface area contributed by atoms with Crippen molar-refractivity contribution in [1.29, 1.82) is 5.41 Å². The molecule has 0 spiro atoms. The summed E-state index contributed by atoms with van der Waals surface area (Å²) in [6.07, 6.45) is -8.20. The quantitative estimate of drug-likeness (QED) is 0.200. The highest BCUT2D eigenvalue weighted by molar-refractivity contribution is 6.76. The Kier molecular flexibility index (Phi) is 8.94. The van der Waals surface area contributed by atoms with Gasteiger partial charge in [0.15, 0.2) is 18.3 Å². The maximum Gasteiger partial charge on any atom is 0.339 e. The zero-order chi connectivity index (χ0) is 22.5. The average molecular weight is 479 g/mol. The molecule has 1 aliphatic heterocycles. The lowest BCUT2D eigenvalue weighted by Gasteiger charge is -2.43. The van der Waals surface area contributed by atoms with Gasteiger partial charge in [0.25, 0.3) is 3.79 Å². The van der Waals surface area contributed by atoms with Crippen LogP contribution in [0.1, 0.15) is 20.8 Å². The van der Waals surface area contributed by atoms with Crippen LogP contribution in [0.3, 0.4) is 0 Å². The third-order valence-corrected chi connectivity index (χ3v) is 3.84. The highest BCUT2D eigenvalue weighted by atomic mass is 35.6. The predicted octanol–water partition coefficient (Wildman–Crippen LogP) is 1.04. The van der Waals surface area contributed by atoms with Crippen molar-refractivity contribution in [1.82, 2.24) is 0 Å². The van der Waals surface area contributed by atoms with Crippen molar-refractivity contribution in [2.75, 3.05) is 7.11 Å². The average Bonchev–Trinajstić information content (AvgIpc) is 2.56. The van der Waals surface area contributed by atoms with E-state index >= 15 is 0 Å². The normalized spacial score (nSPS) is 26.7. The molecule has 1 aliphatic rings. The summed E-state index contributed by atoms with van der Waals surface area (Å²) in [5, 5.41) is 7.69. The fourth-order valence-electron chi connectivity index (χ4n) is 2.36. The molecule has 164 valence electrons. The third kappa shape index (κ3) is 7.18. The lowest BCUT2D eigenvalue weighted by atomic mass is 9.97. The highest BCUT2D eigenvalue weighted by Gasteiger charge is 2.56. The first-order valence-electron chi connectivity index (χ1n) is 7.85. The maximum atomic E-state index is 12.2. The number of carbonyl (C=O) groups is 4. The van der Waals surface area contributed by atoms with Crippen molar-refractivity contribution < 1.29 is 47.6 Å². The van der Waals surface area contributed by atoms with E-state index in [1.165, 1.54) is 0 Å². The summed E-state index contributed by atoms with van der Waals surface area (Å²) < 4.78 is 28.0. The summed E-state index contributed by atoms with van der Waals surface area (Å²) in [5.41, 5.74) is 0. The number of nitrogens with one attached hydrogen (secondary N) is 1. The molecule has 1 rings (SSSR count). The molecule has 0 radical (unpaired) electrons. The summed E-state index contributed by atoms with van der Waals surface area (Å²) in [6.45, 7) is 3.08. The summed E-state index contributed by atoms with van der Waals surface area (Å²) >= 11 is 16.7. The van der Waals surface area contributed by atoms with Crippen LogP contribution in [-0.4, -0.2) is 71.4 Å². The Balaban J connectivity index is 3.44. The molecule has 14 heteroatoms. The molecule has 0 aromatic heterocycles. The predicted molar refractivity (Wildman–Crippen MR) is 96.4 cm³/mol. The van der Waals surface area contributed by atoms with Gasteiger partial charge in [0.1, 0.15) is 0 Å². The van der Waals surface area contributed by atoms with Gasteiger partial charge in [0.05, 0.1) is 7.11 Å². The fourth-order valence-corrected chi connectivity index (χ4v) is 2.49. The van der Waals surface area contributed by atoms with Crippen molar-refractivity contribution in [2.24, 2.45) is 0 Å². The molecule has 1 fully saturated rings. The summed E-state index contributed by atoms with van der Waals surface area (Å²) in [5.74, 6) is -4.59. The van der Waals surface area contributed by atoms with E-state index < -0.39 is 64.3 Å². The fraction of sp³-hybridized carbons (Fsp3) is 0.667. The zero-order valence-corrected chi connectivity index (χ0v) is 17.9. The zero-order valence-electron chi connectivity index (χ0n) is 15.6. The second kappa shape index (κ2) is 10.3. The summed E-state index contributed by atoms with van der Waals surface area (Å²) in [7, 11) is 1.02. The Morgan fingerprint density at radius 3 is 1.69 bits per heavy atom. The molecule has 0 aromatic carbocycles. The molecule has 1 N–H and O–H groups in total. The smallest absolute Gasteiger partial charge is 0.339 e. The van der Waals surface area contributed by atoms with Crippen molar-refractivity contribution in [2.45, 2.75) is 55.3 Å². The van der Waals surface area contributed by atoms with Gasteiger partial charge in [-0.25, -0.2) is 4.79 Å². The minimum atomic E-state index is -2.32. The SMILES string of the molecule is COC(=O)[C@H]1O[C@H](OC(=N)C(Cl)(Cl)Cl)[C@@H](OC(C)=O)[C@H](OC(C)=O)[C@@H]1OC(C)=O. The van der Waals surface area contributed by atoms with Crippen LogP contribution in [0.25, 0.3) is 0 Å². The van der Waals surface area contributed by atoms with Crippen LogP contribution in [0.2, 0.25) is 0 Å². The Hall–Kier alpha value is -1.82. The summed E-state index contributed by atoms with van der Waals surface area (Å²) in [4.78, 5) is 46.9. The van der Waals surface area contributed by atoms with Crippen molar-refractivity contribution >= 4 is 64.6 Å². The van der Waals surface area contributed by atoms with Gasteiger partial charge in [-0.2, -0.15) is 0 Å². The minimum absolute atomic E-state index is 0.861. The van der Waals surface area contributed by atoms with Crippen LogP contribution in [-0.2, 0) is 47.6 Å². The van der Waals surface area contributed by atoms with Crippen LogP contribution < -0.4 is 0 Å². The largest absolute Gasteiger partial charge is 0.467 e. The van der Waals surface area contributed by atoms with E-state index in [0.717, 1.165) is 27.9 Å². The van der Waals surface area contributed by atoms with Gasteiger partial charge in [0, 0.05) is 20.8 Å².